The van der Waals surface area contributed by atoms with E-state index >= 15 is 0 Å². The van der Waals surface area contributed by atoms with E-state index in [1.165, 1.54) is 48.6 Å². The first kappa shape index (κ1) is 16.2. The first-order valence-electron chi connectivity index (χ1n) is 8.48. The molecule has 0 heterocycles. The summed E-state index contributed by atoms with van der Waals surface area (Å²) in [5, 5.41) is 3.07. The van der Waals surface area contributed by atoms with Crippen molar-refractivity contribution in [3.63, 3.8) is 0 Å². The maximum Gasteiger partial charge on any atom is -0.0271 e. The SMILES string of the molecule is c1ccc(PCC2CCC(CPc3ccccc3)CC2)cc1. The van der Waals surface area contributed by atoms with Crippen molar-refractivity contribution in [2.24, 2.45) is 11.8 Å². The quantitative estimate of drug-likeness (QED) is 0.668. The lowest BCUT2D eigenvalue weighted by Crippen LogP contribution is -2.18. The molecule has 1 aliphatic carbocycles. The van der Waals surface area contributed by atoms with Crippen LogP contribution in [0.2, 0.25) is 0 Å². The van der Waals surface area contributed by atoms with Crippen molar-refractivity contribution >= 4 is 27.8 Å². The Hall–Kier alpha value is -0.700. The minimum absolute atomic E-state index is 0.981. The number of rotatable bonds is 6. The largest absolute Gasteiger partial charge is 0.0901 e. The van der Waals surface area contributed by atoms with E-state index in [1.54, 1.807) is 0 Å². The summed E-state index contributed by atoms with van der Waals surface area (Å²) in [4.78, 5) is 0. The van der Waals surface area contributed by atoms with Crippen LogP contribution in [-0.4, -0.2) is 12.3 Å². The molecule has 0 aromatic heterocycles. The van der Waals surface area contributed by atoms with E-state index in [1.807, 2.05) is 0 Å². The molecule has 1 fully saturated rings. The zero-order valence-corrected chi connectivity index (χ0v) is 15.2. The van der Waals surface area contributed by atoms with E-state index in [4.69, 9.17) is 0 Å². The summed E-state index contributed by atoms with van der Waals surface area (Å²) in [5.41, 5.74) is 0. The molecule has 0 saturated heterocycles. The fourth-order valence-corrected chi connectivity index (χ4v) is 6.00. The van der Waals surface area contributed by atoms with Gasteiger partial charge in [0.1, 0.15) is 0 Å². The summed E-state index contributed by atoms with van der Waals surface area (Å²) in [6.45, 7) is 0. The summed E-state index contributed by atoms with van der Waals surface area (Å²) in [6.07, 6.45) is 8.68. The summed E-state index contributed by atoms with van der Waals surface area (Å²) in [7, 11) is 2.02. The molecule has 0 N–H and O–H groups in total. The van der Waals surface area contributed by atoms with Gasteiger partial charge in [-0.2, -0.15) is 0 Å². The van der Waals surface area contributed by atoms with E-state index in [2.05, 4.69) is 60.7 Å². The van der Waals surface area contributed by atoms with Crippen molar-refractivity contribution in [2.75, 3.05) is 12.3 Å². The Balaban J connectivity index is 1.35. The molecule has 0 spiro atoms. The highest BCUT2D eigenvalue weighted by atomic mass is 31.1. The smallest absolute Gasteiger partial charge is 0.0271 e. The van der Waals surface area contributed by atoms with Gasteiger partial charge in [0.2, 0.25) is 0 Å². The minimum Gasteiger partial charge on any atom is -0.0901 e. The van der Waals surface area contributed by atoms with Gasteiger partial charge in [0.15, 0.2) is 0 Å². The number of hydrogen-bond donors (Lipinski definition) is 0. The highest BCUT2D eigenvalue weighted by Gasteiger charge is 2.20. The second kappa shape index (κ2) is 8.81. The Morgan fingerprint density at radius 2 is 0.955 bits per heavy atom. The first-order valence-corrected chi connectivity index (χ1v) is 10.9. The van der Waals surface area contributed by atoms with Crippen LogP contribution < -0.4 is 10.6 Å². The van der Waals surface area contributed by atoms with Crippen molar-refractivity contribution in [1.82, 2.24) is 0 Å². The van der Waals surface area contributed by atoms with Crippen molar-refractivity contribution in [1.29, 1.82) is 0 Å². The average molecular weight is 328 g/mol. The molecule has 0 nitrogen and oxygen atoms in total. The van der Waals surface area contributed by atoms with Crippen LogP contribution in [0, 0.1) is 11.8 Å². The minimum atomic E-state index is 0.981. The predicted octanol–water partition coefficient (Wildman–Crippen LogP) is 4.80. The molecule has 0 radical (unpaired) electrons. The zero-order valence-electron chi connectivity index (χ0n) is 13.2. The van der Waals surface area contributed by atoms with Gasteiger partial charge in [-0.25, -0.2) is 0 Å². The highest BCUT2D eigenvalue weighted by molar-refractivity contribution is 7.47. The van der Waals surface area contributed by atoms with Crippen LogP contribution in [0.25, 0.3) is 0 Å². The van der Waals surface area contributed by atoms with Crippen LogP contribution >= 0.6 is 17.2 Å². The fraction of sp³-hybridized carbons (Fsp3) is 0.400. The monoisotopic (exact) mass is 328 g/mol. The zero-order chi connectivity index (χ0) is 15.0. The number of benzene rings is 2. The lowest BCUT2D eigenvalue weighted by molar-refractivity contribution is 0.315. The molecule has 0 aliphatic heterocycles. The molecule has 22 heavy (non-hydrogen) atoms. The Labute approximate surface area is 138 Å². The van der Waals surface area contributed by atoms with Gasteiger partial charge in [-0.1, -0.05) is 77.8 Å². The molecule has 3 rings (SSSR count). The average Bonchev–Trinajstić information content (AvgIpc) is 2.61. The van der Waals surface area contributed by atoms with Gasteiger partial charge in [0.25, 0.3) is 0 Å². The van der Waals surface area contributed by atoms with Crippen molar-refractivity contribution in [3.05, 3.63) is 60.7 Å². The van der Waals surface area contributed by atoms with Crippen LogP contribution in [-0.2, 0) is 0 Å². The Bertz CT molecular complexity index is 479. The third kappa shape index (κ3) is 5.19. The third-order valence-electron chi connectivity index (χ3n) is 4.70. The maximum atomic E-state index is 2.28. The van der Waals surface area contributed by atoms with Gasteiger partial charge in [0, 0.05) is 0 Å². The summed E-state index contributed by atoms with van der Waals surface area (Å²) in [5.74, 6) is 1.96. The predicted molar refractivity (Wildman–Crippen MR) is 104 cm³/mol. The molecular formula is C20H26P2. The summed E-state index contributed by atoms with van der Waals surface area (Å²) in [6, 6.07) is 22.0. The van der Waals surface area contributed by atoms with Crippen molar-refractivity contribution < 1.29 is 0 Å². The maximum absolute atomic E-state index is 2.28. The number of hydrogen-bond acceptors (Lipinski definition) is 0. The fourth-order valence-electron chi connectivity index (χ4n) is 3.28. The first-order chi connectivity index (χ1) is 10.9. The summed E-state index contributed by atoms with van der Waals surface area (Å²) >= 11 is 0. The standard InChI is InChI=1S/C20H26P2/c1-3-7-19(8-4-1)21-15-17-11-13-18(14-12-17)16-22-20-9-5-2-6-10-20/h1-10,17-18,21-22H,11-16H2. The molecule has 2 aromatic rings. The molecular weight excluding hydrogens is 302 g/mol. The molecule has 0 bridgehead atoms. The lowest BCUT2D eigenvalue weighted by atomic mass is 9.84. The van der Waals surface area contributed by atoms with E-state index in [9.17, 15) is 0 Å². The second-order valence-electron chi connectivity index (χ2n) is 6.38. The van der Waals surface area contributed by atoms with Crippen LogP contribution in [0.15, 0.2) is 60.7 Å². The van der Waals surface area contributed by atoms with Crippen molar-refractivity contribution in [3.8, 4) is 0 Å². The summed E-state index contributed by atoms with van der Waals surface area (Å²) < 4.78 is 0. The van der Waals surface area contributed by atoms with Gasteiger partial charge in [-0.15, -0.1) is 0 Å². The van der Waals surface area contributed by atoms with E-state index < -0.39 is 0 Å². The van der Waals surface area contributed by atoms with Gasteiger partial charge < -0.3 is 0 Å². The molecule has 2 atom stereocenters. The van der Waals surface area contributed by atoms with Crippen molar-refractivity contribution in [2.45, 2.75) is 25.7 Å². The topological polar surface area (TPSA) is 0 Å². The second-order valence-corrected chi connectivity index (χ2v) is 9.06. The molecule has 1 saturated carbocycles. The third-order valence-corrected chi connectivity index (χ3v) is 7.75. The highest BCUT2D eigenvalue weighted by Crippen LogP contribution is 2.34. The van der Waals surface area contributed by atoms with Crippen LogP contribution in [0.3, 0.4) is 0 Å². The Morgan fingerprint density at radius 3 is 1.32 bits per heavy atom. The molecule has 2 aromatic carbocycles. The van der Waals surface area contributed by atoms with Gasteiger partial charge >= 0.3 is 0 Å². The lowest BCUT2D eigenvalue weighted by Gasteiger charge is -2.28. The Kier molecular flexibility index (Phi) is 6.47. The van der Waals surface area contributed by atoms with Crippen LogP contribution in [0.1, 0.15) is 25.7 Å². The van der Waals surface area contributed by atoms with E-state index in [0.29, 0.717) is 0 Å². The normalized spacial score (nSPS) is 22.7. The van der Waals surface area contributed by atoms with Gasteiger partial charge in [-0.05, 0) is 60.5 Å². The molecule has 116 valence electrons. The van der Waals surface area contributed by atoms with Gasteiger partial charge in [0.05, 0.1) is 0 Å². The molecule has 2 heteroatoms. The molecule has 1 aliphatic rings. The van der Waals surface area contributed by atoms with Gasteiger partial charge in [-0.3, -0.25) is 0 Å². The molecule has 0 amide bonds. The van der Waals surface area contributed by atoms with E-state index in [0.717, 1.165) is 29.0 Å². The molecule has 2 unspecified atom stereocenters. The Morgan fingerprint density at radius 1 is 0.591 bits per heavy atom. The van der Waals surface area contributed by atoms with E-state index in [-0.39, 0.29) is 0 Å². The van der Waals surface area contributed by atoms with Crippen LogP contribution in [0.5, 0.6) is 0 Å². The van der Waals surface area contributed by atoms with Crippen LogP contribution in [0.4, 0.5) is 0 Å².